The number of fused-ring (bicyclic) bond motifs is 14. The van der Waals surface area contributed by atoms with Gasteiger partial charge in [-0.15, -0.1) is 0 Å². The molecule has 0 saturated heterocycles. The lowest BCUT2D eigenvalue weighted by Gasteiger charge is -1.98. The molecule has 2 aliphatic heterocycles. The monoisotopic (exact) mass is 546 g/mol. The van der Waals surface area contributed by atoms with E-state index in [1.54, 1.807) is 12.2 Å². The first-order chi connectivity index (χ1) is 20.6. The maximum Gasteiger partial charge on any atom is 0.164 e. The molecule has 0 fully saturated rings. The fourth-order valence-electron chi connectivity index (χ4n) is 5.46. The second-order valence-corrected chi connectivity index (χ2v) is 9.74. The van der Waals surface area contributed by atoms with Gasteiger partial charge in [0, 0.05) is 43.5 Å². The van der Waals surface area contributed by atoms with Gasteiger partial charge in [-0.25, -0.2) is 29.9 Å². The molecule has 8 bridgehead atoms. The summed E-state index contributed by atoms with van der Waals surface area (Å²) >= 11 is 0. The first kappa shape index (κ1) is 25.2. The Morgan fingerprint density at radius 3 is 1.64 bits per heavy atom. The van der Waals surface area contributed by atoms with Gasteiger partial charge in [0.25, 0.3) is 0 Å². The van der Waals surface area contributed by atoms with Gasteiger partial charge < -0.3 is 9.97 Å². The molecule has 0 radical (unpaired) electrons. The number of aromatic amines is 2. The molecule has 202 valence electrons. The number of aromatic nitrogens is 8. The summed E-state index contributed by atoms with van der Waals surface area (Å²) in [5, 5.41) is 3.60. The van der Waals surface area contributed by atoms with Crippen molar-refractivity contribution in [3.63, 3.8) is 0 Å². The summed E-state index contributed by atoms with van der Waals surface area (Å²) in [5.74, 6) is 2.20. The number of benzene rings is 2. The van der Waals surface area contributed by atoms with Crippen LogP contribution in [0.2, 0.25) is 0 Å². The van der Waals surface area contributed by atoms with Crippen LogP contribution in [0, 0.1) is 0 Å². The average Bonchev–Trinajstić information content (AvgIpc) is 3.72. The summed E-state index contributed by atoms with van der Waals surface area (Å²) in [6.07, 6.45) is 11.3. The third-order valence-corrected chi connectivity index (χ3v) is 7.33. The average molecular weight is 547 g/mol. The van der Waals surface area contributed by atoms with Crippen LogP contribution in [0.25, 0.3) is 79.4 Å². The standard InChI is InChI=1S/C34H26N8/c1-5-13-21-19(7-3)28-36-29(21)35-27-20(8-4)22(14-6-2)30(37-27)39-32-25-17-11-12-18-26(25)34(41-32)42-33-24-16-10-9-15-23(24)31(38-28)40-33/h5-18H,1-2H2,3-4H3,(H2,35,36,37,38,39,40,41,42)/b19-7+,20-8+,21-13+,22-14+. The minimum absolute atomic E-state index is 0.523. The SMILES string of the molecule is C=C/C=C1\C(=C/C)c2nc1nc1[nH]c(nc3nc(nc4[nH]c(n2)c2ccccc42)-c2ccccc2-3)c(=C/C=C)/c1=C\C. The van der Waals surface area contributed by atoms with E-state index in [0.29, 0.717) is 45.9 Å². The van der Waals surface area contributed by atoms with E-state index in [1.807, 2.05) is 86.7 Å². The summed E-state index contributed by atoms with van der Waals surface area (Å²) in [6.45, 7) is 11.8. The van der Waals surface area contributed by atoms with Crippen molar-refractivity contribution < 1.29 is 0 Å². The Hall–Kier alpha value is -5.76. The molecule has 0 aliphatic carbocycles. The van der Waals surface area contributed by atoms with Crippen LogP contribution in [0.3, 0.4) is 0 Å². The summed E-state index contributed by atoms with van der Waals surface area (Å²) in [4.78, 5) is 36.7. The van der Waals surface area contributed by atoms with Crippen LogP contribution in [-0.2, 0) is 0 Å². The number of H-pyrrole nitrogens is 2. The Morgan fingerprint density at radius 2 is 1.02 bits per heavy atom. The second kappa shape index (κ2) is 10.0. The van der Waals surface area contributed by atoms with Crippen molar-refractivity contribution in [2.75, 3.05) is 0 Å². The maximum atomic E-state index is 5.02. The highest BCUT2D eigenvalue weighted by Gasteiger charge is 2.23. The van der Waals surface area contributed by atoms with E-state index in [-0.39, 0.29) is 0 Å². The summed E-state index contributed by atoms with van der Waals surface area (Å²) in [6, 6.07) is 16.0. The van der Waals surface area contributed by atoms with Gasteiger partial charge in [-0.05, 0) is 13.8 Å². The van der Waals surface area contributed by atoms with Crippen LogP contribution >= 0.6 is 0 Å². The highest BCUT2D eigenvalue weighted by atomic mass is 15.1. The highest BCUT2D eigenvalue weighted by Crippen LogP contribution is 2.35. The summed E-state index contributed by atoms with van der Waals surface area (Å²) in [7, 11) is 0. The lowest BCUT2D eigenvalue weighted by molar-refractivity contribution is 1.13. The van der Waals surface area contributed by atoms with Gasteiger partial charge in [0.15, 0.2) is 23.3 Å². The van der Waals surface area contributed by atoms with E-state index < -0.39 is 0 Å². The zero-order valence-corrected chi connectivity index (χ0v) is 23.2. The quantitative estimate of drug-likeness (QED) is 0.283. The first-order valence-corrected chi connectivity index (χ1v) is 13.6. The smallest absolute Gasteiger partial charge is 0.164 e. The van der Waals surface area contributed by atoms with Gasteiger partial charge in [0.05, 0.1) is 0 Å². The van der Waals surface area contributed by atoms with Crippen molar-refractivity contribution in [3.8, 4) is 22.8 Å². The fourth-order valence-corrected chi connectivity index (χ4v) is 5.46. The van der Waals surface area contributed by atoms with Crippen molar-refractivity contribution >= 4 is 56.7 Å². The van der Waals surface area contributed by atoms with Crippen LogP contribution < -0.4 is 10.4 Å². The highest BCUT2D eigenvalue weighted by molar-refractivity contribution is 6.07. The molecule has 3 aromatic heterocycles. The Kier molecular flexibility index (Phi) is 6.01. The van der Waals surface area contributed by atoms with E-state index >= 15 is 0 Å². The van der Waals surface area contributed by atoms with E-state index in [0.717, 1.165) is 43.5 Å². The number of hydrogen-bond acceptors (Lipinski definition) is 6. The van der Waals surface area contributed by atoms with Crippen LogP contribution in [-0.4, -0.2) is 39.9 Å². The summed E-state index contributed by atoms with van der Waals surface area (Å²) < 4.78 is 0. The lowest BCUT2D eigenvalue weighted by Crippen LogP contribution is -2.21. The van der Waals surface area contributed by atoms with Crippen LogP contribution in [0.15, 0.2) is 86.0 Å². The lowest BCUT2D eigenvalue weighted by atomic mass is 10.1. The van der Waals surface area contributed by atoms with Gasteiger partial charge in [-0.3, -0.25) is 0 Å². The molecular formula is C34H26N8. The van der Waals surface area contributed by atoms with E-state index in [9.17, 15) is 0 Å². The van der Waals surface area contributed by atoms with Gasteiger partial charge in [0.2, 0.25) is 0 Å². The van der Waals surface area contributed by atoms with Gasteiger partial charge >= 0.3 is 0 Å². The van der Waals surface area contributed by atoms with Crippen LogP contribution in [0.4, 0.5) is 0 Å². The molecule has 0 unspecified atom stereocenters. The van der Waals surface area contributed by atoms with E-state index in [4.69, 9.17) is 29.9 Å². The molecular weight excluding hydrogens is 520 g/mol. The zero-order chi connectivity index (χ0) is 28.8. The topological polar surface area (TPSA) is 109 Å². The largest absolute Gasteiger partial charge is 0.324 e. The van der Waals surface area contributed by atoms with Crippen molar-refractivity contribution in [3.05, 3.63) is 108 Å². The Bertz CT molecular complexity index is 2320. The molecule has 0 amide bonds. The predicted octanol–water partition coefficient (Wildman–Crippen LogP) is 5.82. The zero-order valence-electron chi connectivity index (χ0n) is 23.2. The Balaban J connectivity index is 1.74. The van der Waals surface area contributed by atoms with Gasteiger partial charge in [-0.1, -0.05) is 98.1 Å². The molecule has 2 aromatic carbocycles. The maximum absolute atomic E-state index is 5.02. The Morgan fingerprint density at radius 1 is 0.524 bits per heavy atom. The van der Waals surface area contributed by atoms with Gasteiger partial charge in [0.1, 0.15) is 22.6 Å². The van der Waals surface area contributed by atoms with Crippen LogP contribution in [0.5, 0.6) is 0 Å². The molecule has 42 heavy (non-hydrogen) atoms. The van der Waals surface area contributed by atoms with Crippen LogP contribution in [0.1, 0.15) is 25.5 Å². The minimum atomic E-state index is 0.523. The van der Waals surface area contributed by atoms with Crippen molar-refractivity contribution in [1.29, 1.82) is 0 Å². The molecule has 0 saturated carbocycles. The number of allylic oxidation sites excluding steroid dienone is 6. The Labute approximate surface area is 241 Å². The molecule has 2 N–H and O–H groups in total. The number of nitrogens with one attached hydrogen (secondary N) is 2. The van der Waals surface area contributed by atoms with E-state index in [1.165, 1.54) is 0 Å². The third-order valence-electron chi connectivity index (χ3n) is 7.33. The molecule has 5 heterocycles. The minimum Gasteiger partial charge on any atom is -0.324 e. The third kappa shape index (κ3) is 3.92. The van der Waals surface area contributed by atoms with Crippen molar-refractivity contribution in [2.24, 2.45) is 0 Å². The normalized spacial score (nSPS) is 15.5. The van der Waals surface area contributed by atoms with Crippen molar-refractivity contribution in [2.45, 2.75) is 13.8 Å². The molecule has 7 rings (SSSR count). The molecule has 0 spiro atoms. The predicted molar refractivity (Wildman–Crippen MR) is 170 cm³/mol. The van der Waals surface area contributed by atoms with E-state index in [2.05, 4.69) is 23.1 Å². The number of nitrogens with zero attached hydrogens (tertiary/aromatic N) is 6. The molecule has 8 nitrogen and oxygen atoms in total. The second-order valence-electron chi connectivity index (χ2n) is 9.74. The number of rotatable bonds is 2. The molecule has 0 atom stereocenters. The molecule has 2 aliphatic rings. The fraction of sp³-hybridized carbons (Fsp3) is 0.0588. The molecule has 5 aromatic rings. The van der Waals surface area contributed by atoms with Gasteiger partial charge in [-0.2, -0.15) is 0 Å². The first-order valence-electron chi connectivity index (χ1n) is 13.6. The van der Waals surface area contributed by atoms with Crippen molar-refractivity contribution in [1.82, 2.24) is 39.9 Å². The summed E-state index contributed by atoms with van der Waals surface area (Å²) in [5.41, 5.74) is 6.04. The molecule has 8 heteroatoms. The number of hydrogen-bond donors (Lipinski definition) is 2.